The minimum Gasteiger partial charge on any atom is -0.398 e. The van der Waals surface area contributed by atoms with Gasteiger partial charge in [-0.1, -0.05) is 0 Å². The number of β-amino-alcohol motifs (C(OH)–C–C–N with tert-alkyl or cyclic N) is 1. The molecule has 1 aliphatic rings. The molecule has 1 atom stereocenters. The Hall–Kier alpha value is -1.81. The van der Waals surface area contributed by atoms with Crippen molar-refractivity contribution >= 4 is 22.1 Å². The topological polar surface area (TPSA) is 62.4 Å². The molecule has 3 N–H and O–H groups in total. The number of nitrogens with zero attached hydrogens (tertiary/aromatic N) is 2. The number of anilines is 2. The third-order valence-electron chi connectivity index (χ3n) is 3.33. The fraction of sp³-hybridized carbons (Fsp3) is 0.308. The van der Waals surface area contributed by atoms with E-state index in [1.807, 2.05) is 24.4 Å². The molecule has 0 amide bonds. The second-order valence-electron chi connectivity index (χ2n) is 4.48. The van der Waals surface area contributed by atoms with Crippen LogP contribution in [0.5, 0.6) is 0 Å². The van der Waals surface area contributed by atoms with Crippen LogP contribution >= 0.6 is 0 Å². The van der Waals surface area contributed by atoms with Gasteiger partial charge in [-0.2, -0.15) is 0 Å². The molecule has 1 saturated heterocycles. The predicted octanol–water partition coefficient (Wildman–Crippen LogP) is 1.39. The van der Waals surface area contributed by atoms with Crippen LogP contribution in [-0.4, -0.2) is 29.3 Å². The van der Waals surface area contributed by atoms with Crippen LogP contribution in [0.25, 0.3) is 10.8 Å². The monoisotopic (exact) mass is 229 g/mol. The van der Waals surface area contributed by atoms with Crippen LogP contribution < -0.4 is 10.6 Å². The number of rotatable bonds is 1. The van der Waals surface area contributed by atoms with Crippen molar-refractivity contribution in [1.29, 1.82) is 0 Å². The zero-order chi connectivity index (χ0) is 11.8. The van der Waals surface area contributed by atoms with E-state index in [9.17, 15) is 5.11 Å². The molecule has 2 aromatic rings. The number of hydrogen-bond donors (Lipinski definition) is 2. The minimum atomic E-state index is -0.223. The molecule has 1 fully saturated rings. The van der Waals surface area contributed by atoms with Gasteiger partial charge in [0.25, 0.3) is 0 Å². The number of nitrogen functional groups attached to an aromatic ring is 1. The van der Waals surface area contributed by atoms with Gasteiger partial charge in [-0.05, 0) is 24.6 Å². The van der Waals surface area contributed by atoms with E-state index in [1.165, 1.54) is 0 Å². The molecule has 0 saturated carbocycles. The molecular weight excluding hydrogens is 214 g/mol. The third-order valence-corrected chi connectivity index (χ3v) is 3.33. The van der Waals surface area contributed by atoms with Crippen LogP contribution in [0.15, 0.2) is 30.6 Å². The molecule has 88 valence electrons. The van der Waals surface area contributed by atoms with Gasteiger partial charge in [-0.25, -0.2) is 0 Å². The Morgan fingerprint density at radius 1 is 1.29 bits per heavy atom. The van der Waals surface area contributed by atoms with Crippen molar-refractivity contribution in [2.24, 2.45) is 0 Å². The molecule has 0 spiro atoms. The van der Waals surface area contributed by atoms with Crippen molar-refractivity contribution in [2.75, 3.05) is 23.7 Å². The summed E-state index contributed by atoms with van der Waals surface area (Å²) in [5.74, 6) is 0. The number of aromatic nitrogens is 1. The summed E-state index contributed by atoms with van der Waals surface area (Å²) in [6.45, 7) is 1.57. The Kier molecular flexibility index (Phi) is 2.37. The van der Waals surface area contributed by atoms with E-state index in [-0.39, 0.29) is 6.10 Å². The molecule has 3 rings (SSSR count). The van der Waals surface area contributed by atoms with Crippen molar-refractivity contribution < 1.29 is 5.11 Å². The number of aliphatic hydroxyl groups is 1. The van der Waals surface area contributed by atoms with Crippen LogP contribution in [0.2, 0.25) is 0 Å². The Balaban J connectivity index is 2.14. The summed E-state index contributed by atoms with van der Waals surface area (Å²) in [5.41, 5.74) is 7.83. The number of aliphatic hydroxyl groups excluding tert-OH is 1. The second kappa shape index (κ2) is 3.89. The van der Waals surface area contributed by atoms with Gasteiger partial charge in [0, 0.05) is 47.6 Å². The standard InChI is InChI=1S/C13H15N3O/c14-12-1-2-13(16-6-4-9(17)8-16)11-7-15-5-3-10(11)12/h1-3,5,7,9,17H,4,6,8,14H2. The van der Waals surface area contributed by atoms with Crippen molar-refractivity contribution in [3.63, 3.8) is 0 Å². The van der Waals surface area contributed by atoms with Gasteiger partial charge >= 0.3 is 0 Å². The first-order chi connectivity index (χ1) is 8.25. The van der Waals surface area contributed by atoms with Crippen molar-refractivity contribution in [3.05, 3.63) is 30.6 Å². The van der Waals surface area contributed by atoms with Crippen molar-refractivity contribution in [1.82, 2.24) is 4.98 Å². The van der Waals surface area contributed by atoms with Gasteiger partial charge in [-0.3, -0.25) is 4.98 Å². The molecule has 4 nitrogen and oxygen atoms in total. The zero-order valence-electron chi connectivity index (χ0n) is 9.50. The lowest BCUT2D eigenvalue weighted by molar-refractivity contribution is 0.198. The second-order valence-corrected chi connectivity index (χ2v) is 4.48. The third kappa shape index (κ3) is 1.70. The number of fused-ring (bicyclic) bond motifs is 1. The van der Waals surface area contributed by atoms with E-state index >= 15 is 0 Å². The summed E-state index contributed by atoms with van der Waals surface area (Å²) in [6.07, 6.45) is 4.19. The lowest BCUT2D eigenvalue weighted by Gasteiger charge is -2.20. The normalized spacial score (nSPS) is 20.1. The van der Waals surface area contributed by atoms with E-state index in [2.05, 4.69) is 9.88 Å². The zero-order valence-corrected chi connectivity index (χ0v) is 9.50. The van der Waals surface area contributed by atoms with Crippen LogP contribution in [0.1, 0.15) is 6.42 Å². The fourth-order valence-corrected chi connectivity index (χ4v) is 2.43. The molecule has 0 radical (unpaired) electrons. The fourth-order valence-electron chi connectivity index (χ4n) is 2.43. The van der Waals surface area contributed by atoms with E-state index in [0.717, 1.165) is 35.1 Å². The Morgan fingerprint density at radius 2 is 2.18 bits per heavy atom. The molecule has 17 heavy (non-hydrogen) atoms. The number of pyridine rings is 1. The first-order valence-corrected chi connectivity index (χ1v) is 5.81. The highest BCUT2D eigenvalue weighted by Crippen LogP contribution is 2.31. The molecule has 0 aliphatic carbocycles. The maximum absolute atomic E-state index is 9.61. The smallest absolute Gasteiger partial charge is 0.0731 e. The maximum atomic E-state index is 9.61. The first kappa shape index (κ1) is 10.4. The van der Waals surface area contributed by atoms with Crippen LogP contribution in [-0.2, 0) is 0 Å². The van der Waals surface area contributed by atoms with Crippen LogP contribution in [0.3, 0.4) is 0 Å². The van der Waals surface area contributed by atoms with Gasteiger partial charge < -0.3 is 15.7 Å². The van der Waals surface area contributed by atoms with E-state index < -0.39 is 0 Å². The van der Waals surface area contributed by atoms with Crippen LogP contribution in [0, 0.1) is 0 Å². The molecular formula is C13H15N3O. The highest BCUT2D eigenvalue weighted by molar-refractivity contribution is 6.00. The summed E-state index contributed by atoms with van der Waals surface area (Å²) >= 11 is 0. The van der Waals surface area contributed by atoms with E-state index in [4.69, 9.17) is 5.73 Å². The summed E-state index contributed by atoms with van der Waals surface area (Å²) in [6, 6.07) is 5.86. The SMILES string of the molecule is Nc1ccc(N2CCC(O)C2)c2cnccc12. The van der Waals surface area contributed by atoms with Crippen LogP contribution in [0.4, 0.5) is 11.4 Å². The number of nitrogens with two attached hydrogens (primary N) is 1. The minimum absolute atomic E-state index is 0.223. The molecule has 1 aromatic carbocycles. The summed E-state index contributed by atoms with van der Waals surface area (Å²) in [4.78, 5) is 6.35. The Labute approximate surface area is 99.7 Å². The van der Waals surface area contributed by atoms with Crippen molar-refractivity contribution in [3.8, 4) is 0 Å². The molecule has 1 aliphatic heterocycles. The van der Waals surface area contributed by atoms with Gasteiger partial charge in [-0.15, -0.1) is 0 Å². The highest BCUT2D eigenvalue weighted by atomic mass is 16.3. The average molecular weight is 229 g/mol. The summed E-state index contributed by atoms with van der Waals surface area (Å²) in [5, 5.41) is 11.7. The highest BCUT2D eigenvalue weighted by Gasteiger charge is 2.21. The van der Waals surface area contributed by atoms with Gasteiger partial charge in [0.05, 0.1) is 6.10 Å². The summed E-state index contributed by atoms with van der Waals surface area (Å²) < 4.78 is 0. The van der Waals surface area contributed by atoms with E-state index in [0.29, 0.717) is 6.54 Å². The largest absolute Gasteiger partial charge is 0.398 e. The molecule has 2 heterocycles. The Bertz CT molecular complexity index is 555. The quantitative estimate of drug-likeness (QED) is 0.725. The predicted molar refractivity (Wildman–Crippen MR) is 69.0 cm³/mol. The van der Waals surface area contributed by atoms with Gasteiger partial charge in [0.2, 0.25) is 0 Å². The molecule has 1 unspecified atom stereocenters. The van der Waals surface area contributed by atoms with E-state index in [1.54, 1.807) is 6.20 Å². The Morgan fingerprint density at radius 3 is 2.94 bits per heavy atom. The lowest BCUT2D eigenvalue weighted by atomic mass is 10.1. The number of benzene rings is 1. The summed E-state index contributed by atoms with van der Waals surface area (Å²) in [7, 11) is 0. The first-order valence-electron chi connectivity index (χ1n) is 5.81. The molecule has 0 bridgehead atoms. The van der Waals surface area contributed by atoms with Gasteiger partial charge in [0.1, 0.15) is 0 Å². The maximum Gasteiger partial charge on any atom is 0.0731 e. The van der Waals surface area contributed by atoms with Crippen molar-refractivity contribution in [2.45, 2.75) is 12.5 Å². The average Bonchev–Trinajstić information content (AvgIpc) is 2.77. The molecule has 1 aromatic heterocycles. The van der Waals surface area contributed by atoms with Gasteiger partial charge in [0.15, 0.2) is 0 Å². The molecule has 4 heteroatoms. The lowest BCUT2D eigenvalue weighted by Crippen LogP contribution is -2.21. The number of hydrogen-bond acceptors (Lipinski definition) is 4.